The van der Waals surface area contributed by atoms with E-state index in [0.29, 0.717) is 19.6 Å². The molecule has 0 radical (unpaired) electrons. The first-order valence-corrected chi connectivity index (χ1v) is 6.37. The molecule has 1 aliphatic heterocycles. The molecule has 1 saturated heterocycles. The smallest absolute Gasteiger partial charge is 0.221 e. The van der Waals surface area contributed by atoms with Crippen molar-refractivity contribution in [2.75, 3.05) is 19.8 Å². The molecular weight excluding hydrogens is 228 g/mol. The van der Waals surface area contributed by atoms with Crippen LogP contribution in [0.2, 0.25) is 0 Å². The van der Waals surface area contributed by atoms with Crippen LogP contribution in [0.15, 0.2) is 24.3 Å². The highest BCUT2D eigenvalue weighted by Crippen LogP contribution is 2.03. The normalized spacial score (nSPS) is 19.5. The van der Waals surface area contributed by atoms with E-state index in [2.05, 4.69) is 29.7 Å². The molecule has 1 aliphatic rings. The van der Waals surface area contributed by atoms with Crippen LogP contribution in [0.4, 0.5) is 0 Å². The van der Waals surface area contributed by atoms with Crippen molar-refractivity contribution in [1.29, 1.82) is 0 Å². The zero-order valence-corrected chi connectivity index (χ0v) is 10.7. The maximum absolute atomic E-state index is 11.7. The minimum atomic E-state index is 0.0681. The van der Waals surface area contributed by atoms with Crippen LogP contribution < -0.4 is 10.6 Å². The van der Waals surface area contributed by atoms with E-state index in [1.807, 2.05) is 12.1 Å². The molecule has 1 heterocycles. The monoisotopic (exact) mass is 248 g/mol. The van der Waals surface area contributed by atoms with Crippen molar-refractivity contribution in [3.05, 3.63) is 35.4 Å². The van der Waals surface area contributed by atoms with Crippen molar-refractivity contribution in [3.8, 4) is 0 Å². The summed E-state index contributed by atoms with van der Waals surface area (Å²) in [7, 11) is 0. The molecular formula is C14H20N2O2. The van der Waals surface area contributed by atoms with Gasteiger partial charge in [0.25, 0.3) is 0 Å². The van der Waals surface area contributed by atoms with Crippen LogP contribution in [0.5, 0.6) is 0 Å². The Morgan fingerprint density at radius 1 is 1.44 bits per heavy atom. The summed E-state index contributed by atoms with van der Waals surface area (Å²) < 4.78 is 5.32. The van der Waals surface area contributed by atoms with E-state index >= 15 is 0 Å². The Labute approximate surface area is 108 Å². The van der Waals surface area contributed by atoms with E-state index in [1.165, 1.54) is 5.56 Å². The van der Waals surface area contributed by atoms with Gasteiger partial charge in [-0.1, -0.05) is 29.8 Å². The zero-order chi connectivity index (χ0) is 12.8. The standard InChI is InChI=1S/C14H20N2O2/c1-11-2-4-12(5-3-11)9-16-14(17)8-13-10-18-7-6-15-13/h2-5,13,15H,6-10H2,1H3,(H,16,17). The quantitative estimate of drug-likeness (QED) is 0.835. The highest BCUT2D eigenvalue weighted by molar-refractivity contribution is 5.76. The fourth-order valence-electron chi connectivity index (χ4n) is 1.95. The van der Waals surface area contributed by atoms with Crippen LogP contribution in [0.3, 0.4) is 0 Å². The molecule has 4 nitrogen and oxygen atoms in total. The fourth-order valence-corrected chi connectivity index (χ4v) is 1.95. The minimum absolute atomic E-state index is 0.0681. The number of nitrogens with one attached hydrogen (secondary N) is 2. The molecule has 1 aromatic rings. The highest BCUT2D eigenvalue weighted by Gasteiger charge is 2.16. The largest absolute Gasteiger partial charge is 0.378 e. The molecule has 0 aliphatic carbocycles. The van der Waals surface area contributed by atoms with E-state index < -0.39 is 0 Å². The third-order valence-electron chi connectivity index (χ3n) is 3.04. The van der Waals surface area contributed by atoms with E-state index in [1.54, 1.807) is 0 Å². The molecule has 18 heavy (non-hydrogen) atoms. The van der Waals surface area contributed by atoms with Gasteiger partial charge in [-0.15, -0.1) is 0 Å². The number of morpholine rings is 1. The molecule has 1 amide bonds. The van der Waals surface area contributed by atoms with Gasteiger partial charge in [0.1, 0.15) is 0 Å². The number of carbonyl (C=O) groups is 1. The minimum Gasteiger partial charge on any atom is -0.378 e. The van der Waals surface area contributed by atoms with E-state index in [0.717, 1.165) is 18.7 Å². The number of benzene rings is 1. The first kappa shape index (κ1) is 13.1. The third kappa shape index (κ3) is 4.13. The number of rotatable bonds is 4. The maximum atomic E-state index is 11.7. The highest BCUT2D eigenvalue weighted by atomic mass is 16.5. The summed E-state index contributed by atoms with van der Waals surface area (Å²) in [6.07, 6.45) is 0.478. The van der Waals surface area contributed by atoms with Crippen LogP contribution in [0, 0.1) is 6.92 Å². The van der Waals surface area contributed by atoms with Crippen molar-refractivity contribution in [3.63, 3.8) is 0 Å². The Morgan fingerprint density at radius 3 is 2.89 bits per heavy atom. The van der Waals surface area contributed by atoms with Gasteiger partial charge in [0, 0.05) is 25.6 Å². The summed E-state index contributed by atoms with van der Waals surface area (Å²) >= 11 is 0. The van der Waals surface area contributed by atoms with Crippen molar-refractivity contribution >= 4 is 5.91 Å². The Kier molecular flexibility index (Phi) is 4.73. The molecule has 2 N–H and O–H groups in total. The molecule has 1 aromatic carbocycles. The number of hydrogen-bond donors (Lipinski definition) is 2. The number of aryl methyl sites for hydroxylation is 1. The second kappa shape index (κ2) is 6.52. The lowest BCUT2D eigenvalue weighted by Gasteiger charge is -2.23. The van der Waals surface area contributed by atoms with Crippen LogP contribution in [0.1, 0.15) is 17.5 Å². The lowest BCUT2D eigenvalue weighted by atomic mass is 10.1. The average molecular weight is 248 g/mol. The van der Waals surface area contributed by atoms with Gasteiger partial charge in [-0.25, -0.2) is 0 Å². The van der Waals surface area contributed by atoms with Crippen LogP contribution in [-0.2, 0) is 16.1 Å². The van der Waals surface area contributed by atoms with Gasteiger partial charge in [-0.3, -0.25) is 4.79 Å². The van der Waals surface area contributed by atoms with Crippen molar-refractivity contribution in [2.45, 2.75) is 25.9 Å². The SMILES string of the molecule is Cc1ccc(CNC(=O)CC2COCCN2)cc1. The Balaban J connectivity index is 1.72. The number of hydrogen-bond acceptors (Lipinski definition) is 3. The lowest BCUT2D eigenvalue weighted by molar-refractivity contribution is -0.122. The molecule has 98 valence electrons. The van der Waals surface area contributed by atoms with Gasteiger partial charge in [0.2, 0.25) is 5.91 Å². The molecule has 0 bridgehead atoms. The topological polar surface area (TPSA) is 50.4 Å². The van der Waals surface area contributed by atoms with Crippen LogP contribution in [0.25, 0.3) is 0 Å². The summed E-state index contributed by atoms with van der Waals surface area (Å²) in [5.41, 5.74) is 2.36. The molecule has 1 unspecified atom stereocenters. The molecule has 4 heteroatoms. The first-order valence-electron chi connectivity index (χ1n) is 6.37. The lowest BCUT2D eigenvalue weighted by Crippen LogP contribution is -2.44. The molecule has 2 rings (SSSR count). The molecule has 0 spiro atoms. The van der Waals surface area contributed by atoms with E-state index in [9.17, 15) is 4.79 Å². The summed E-state index contributed by atoms with van der Waals surface area (Å²) in [6.45, 7) is 4.83. The van der Waals surface area contributed by atoms with Crippen LogP contribution in [-0.4, -0.2) is 31.7 Å². The average Bonchev–Trinajstić information content (AvgIpc) is 2.39. The number of ether oxygens (including phenoxy) is 1. The van der Waals surface area contributed by atoms with Gasteiger partial charge in [-0.2, -0.15) is 0 Å². The Hall–Kier alpha value is -1.39. The predicted molar refractivity (Wildman–Crippen MR) is 70.3 cm³/mol. The summed E-state index contributed by atoms with van der Waals surface area (Å²) in [4.78, 5) is 11.7. The summed E-state index contributed by atoms with van der Waals surface area (Å²) in [6, 6.07) is 8.34. The van der Waals surface area contributed by atoms with Gasteiger partial charge >= 0.3 is 0 Å². The molecule has 1 atom stereocenters. The summed E-state index contributed by atoms with van der Waals surface area (Å²) in [5.74, 6) is 0.0681. The zero-order valence-electron chi connectivity index (χ0n) is 10.7. The number of carbonyl (C=O) groups excluding carboxylic acids is 1. The van der Waals surface area contributed by atoms with Gasteiger partial charge in [0.15, 0.2) is 0 Å². The second-order valence-corrected chi connectivity index (χ2v) is 4.69. The Morgan fingerprint density at radius 2 is 2.22 bits per heavy atom. The molecule has 1 fully saturated rings. The molecule has 0 saturated carbocycles. The van der Waals surface area contributed by atoms with Gasteiger partial charge < -0.3 is 15.4 Å². The maximum Gasteiger partial charge on any atom is 0.221 e. The second-order valence-electron chi connectivity index (χ2n) is 4.69. The van der Waals surface area contributed by atoms with E-state index in [-0.39, 0.29) is 11.9 Å². The van der Waals surface area contributed by atoms with E-state index in [4.69, 9.17) is 4.74 Å². The van der Waals surface area contributed by atoms with Gasteiger partial charge in [-0.05, 0) is 12.5 Å². The van der Waals surface area contributed by atoms with Crippen LogP contribution >= 0.6 is 0 Å². The Bertz CT molecular complexity index is 383. The number of amides is 1. The summed E-state index contributed by atoms with van der Waals surface area (Å²) in [5, 5.41) is 6.20. The van der Waals surface area contributed by atoms with Crippen molar-refractivity contribution in [1.82, 2.24) is 10.6 Å². The molecule has 0 aromatic heterocycles. The van der Waals surface area contributed by atoms with Gasteiger partial charge in [0.05, 0.1) is 13.2 Å². The first-order chi connectivity index (χ1) is 8.74. The third-order valence-corrected chi connectivity index (χ3v) is 3.04. The van der Waals surface area contributed by atoms with Crippen molar-refractivity contribution < 1.29 is 9.53 Å². The fraction of sp³-hybridized carbons (Fsp3) is 0.500. The predicted octanol–water partition coefficient (Wildman–Crippen LogP) is 0.990. The van der Waals surface area contributed by atoms with Crippen molar-refractivity contribution in [2.24, 2.45) is 0 Å².